The fourth-order valence-electron chi connectivity index (χ4n) is 5.77. The van der Waals surface area contributed by atoms with Crippen LogP contribution < -0.4 is 0 Å². The Labute approximate surface area is 286 Å². The minimum Gasteiger partial charge on any atom is -0.466 e. The van der Waals surface area contributed by atoms with Crippen LogP contribution in [0.5, 0.6) is 0 Å². The van der Waals surface area contributed by atoms with Crippen LogP contribution in [-0.4, -0.2) is 36.7 Å². The van der Waals surface area contributed by atoms with Crippen molar-refractivity contribution in [3.63, 3.8) is 0 Å². The van der Waals surface area contributed by atoms with Crippen LogP contribution in [-0.2, 0) is 19.1 Å². The predicted molar refractivity (Wildman–Crippen MR) is 198 cm³/mol. The smallest absolute Gasteiger partial charge is 0.306 e. The van der Waals surface area contributed by atoms with Gasteiger partial charge in [0.2, 0.25) is 0 Å². The molecular weight excluding hydrogens is 577 g/mol. The summed E-state index contributed by atoms with van der Waals surface area (Å²) in [6.07, 6.45) is 35.3. The van der Waals surface area contributed by atoms with E-state index in [0.29, 0.717) is 37.6 Å². The number of rotatable bonds is 36. The van der Waals surface area contributed by atoms with Crippen molar-refractivity contribution < 1.29 is 19.1 Å². The molecule has 0 fully saturated rings. The number of hydrogen-bond donors (Lipinski definition) is 0. The topological polar surface area (TPSA) is 52.6 Å². The molecule has 0 spiro atoms. The van der Waals surface area contributed by atoms with Gasteiger partial charge in [-0.15, -0.1) is 0 Å². The minimum atomic E-state index is -0.109. The highest BCUT2D eigenvalue weighted by atomic mass is 32.2. The average molecular weight is 655 g/mol. The first kappa shape index (κ1) is 44.3. The van der Waals surface area contributed by atoms with Gasteiger partial charge < -0.3 is 9.47 Å². The lowest BCUT2D eigenvalue weighted by Gasteiger charge is -2.06. The molecular formula is C40H78O4S. The van der Waals surface area contributed by atoms with Crippen molar-refractivity contribution in [2.75, 3.05) is 24.7 Å². The Balaban J connectivity index is 3.26. The highest BCUT2D eigenvalue weighted by Crippen LogP contribution is 2.16. The molecule has 0 aromatic heterocycles. The number of thioether (sulfide) groups is 1. The Morgan fingerprint density at radius 3 is 0.911 bits per heavy atom. The second kappa shape index (κ2) is 36.1. The third-order valence-electron chi connectivity index (χ3n) is 8.78. The Morgan fingerprint density at radius 1 is 0.400 bits per heavy atom. The molecule has 0 aliphatic heterocycles. The molecule has 0 aliphatic rings. The van der Waals surface area contributed by atoms with Crippen LogP contribution in [0, 0.1) is 11.8 Å². The van der Waals surface area contributed by atoms with Gasteiger partial charge >= 0.3 is 11.9 Å². The summed E-state index contributed by atoms with van der Waals surface area (Å²) in [6.45, 7) is 10.4. The van der Waals surface area contributed by atoms with E-state index in [1.54, 1.807) is 11.8 Å². The van der Waals surface area contributed by atoms with Gasteiger partial charge in [-0.1, -0.05) is 182 Å². The van der Waals surface area contributed by atoms with E-state index in [1.807, 2.05) is 0 Å². The Kier molecular flexibility index (Phi) is 35.6. The lowest BCUT2D eigenvalue weighted by Crippen LogP contribution is -2.09. The van der Waals surface area contributed by atoms with E-state index in [4.69, 9.17) is 9.47 Å². The average Bonchev–Trinajstić information content (AvgIpc) is 3.00. The molecule has 0 aliphatic carbocycles. The number of unbranched alkanes of at least 4 members (excludes halogenated alkanes) is 22. The van der Waals surface area contributed by atoms with E-state index >= 15 is 0 Å². The maximum Gasteiger partial charge on any atom is 0.306 e. The molecule has 5 heteroatoms. The maximum absolute atomic E-state index is 11.9. The zero-order valence-corrected chi connectivity index (χ0v) is 31.6. The SMILES string of the molecule is CC(C)CCCCCCCCCCCCCCOC(=O)CCSCCC(=O)OCCCCCCCCCCCCCCC(C)C. The highest BCUT2D eigenvalue weighted by molar-refractivity contribution is 7.99. The van der Waals surface area contributed by atoms with Crippen molar-refractivity contribution in [1.29, 1.82) is 0 Å². The minimum absolute atomic E-state index is 0.109. The van der Waals surface area contributed by atoms with Crippen LogP contribution in [0.3, 0.4) is 0 Å². The van der Waals surface area contributed by atoms with Crippen LogP contribution >= 0.6 is 11.8 Å². The molecule has 0 aromatic carbocycles. The largest absolute Gasteiger partial charge is 0.466 e. The number of carbonyl (C=O) groups excluding carboxylic acids is 2. The van der Waals surface area contributed by atoms with Gasteiger partial charge in [0, 0.05) is 11.5 Å². The number of esters is 2. The zero-order chi connectivity index (χ0) is 33.1. The van der Waals surface area contributed by atoms with E-state index < -0.39 is 0 Å². The Hall–Kier alpha value is -0.710. The summed E-state index contributed by atoms with van der Waals surface area (Å²) in [5.41, 5.74) is 0. The lowest BCUT2D eigenvalue weighted by molar-refractivity contribution is -0.144. The summed E-state index contributed by atoms with van der Waals surface area (Å²) in [6, 6.07) is 0. The molecule has 0 bridgehead atoms. The maximum atomic E-state index is 11.9. The van der Waals surface area contributed by atoms with Gasteiger partial charge in [-0.2, -0.15) is 11.8 Å². The van der Waals surface area contributed by atoms with E-state index in [-0.39, 0.29) is 11.9 Å². The summed E-state index contributed by atoms with van der Waals surface area (Å²) < 4.78 is 10.8. The molecule has 0 N–H and O–H groups in total. The third-order valence-corrected chi connectivity index (χ3v) is 9.76. The standard InChI is InChI=1S/C40H78O4S/c1-37(2)29-25-21-17-13-9-5-7-11-15-19-23-27-33-43-39(41)31-35-45-36-32-40(42)44-34-28-24-20-16-12-8-6-10-14-18-22-26-30-38(3)4/h37-38H,5-36H2,1-4H3. The summed E-state index contributed by atoms with van der Waals surface area (Å²) in [5, 5.41) is 0. The van der Waals surface area contributed by atoms with Crippen molar-refractivity contribution in [3.05, 3.63) is 0 Å². The molecule has 0 unspecified atom stereocenters. The summed E-state index contributed by atoms with van der Waals surface area (Å²) in [5.74, 6) is 2.91. The molecule has 0 saturated heterocycles. The molecule has 0 saturated carbocycles. The quantitative estimate of drug-likeness (QED) is 0.0497. The van der Waals surface area contributed by atoms with Crippen LogP contribution in [0.25, 0.3) is 0 Å². The van der Waals surface area contributed by atoms with E-state index in [9.17, 15) is 9.59 Å². The zero-order valence-electron chi connectivity index (χ0n) is 30.8. The lowest BCUT2D eigenvalue weighted by atomic mass is 10.0. The first-order valence-electron chi connectivity index (χ1n) is 19.8. The van der Waals surface area contributed by atoms with E-state index in [1.165, 1.54) is 141 Å². The van der Waals surface area contributed by atoms with Crippen molar-refractivity contribution in [1.82, 2.24) is 0 Å². The number of carbonyl (C=O) groups is 2. The van der Waals surface area contributed by atoms with Crippen molar-refractivity contribution in [2.24, 2.45) is 11.8 Å². The Morgan fingerprint density at radius 2 is 0.644 bits per heavy atom. The van der Waals surface area contributed by atoms with E-state index in [0.717, 1.165) is 37.5 Å². The number of ether oxygens (including phenoxy) is 2. The van der Waals surface area contributed by atoms with E-state index in [2.05, 4.69) is 27.7 Å². The van der Waals surface area contributed by atoms with Gasteiger partial charge in [-0.3, -0.25) is 9.59 Å². The van der Waals surface area contributed by atoms with Crippen LogP contribution in [0.1, 0.15) is 207 Å². The fourth-order valence-corrected chi connectivity index (χ4v) is 6.60. The molecule has 0 aromatic rings. The second-order valence-corrected chi connectivity index (χ2v) is 15.6. The summed E-state index contributed by atoms with van der Waals surface area (Å²) in [7, 11) is 0. The van der Waals surface area contributed by atoms with Crippen molar-refractivity contribution in [3.8, 4) is 0 Å². The van der Waals surface area contributed by atoms with Crippen LogP contribution in [0.2, 0.25) is 0 Å². The molecule has 268 valence electrons. The Bertz CT molecular complexity index is 569. The molecule has 0 atom stereocenters. The molecule has 0 radical (unpaired) electrons. The van der Waals surface area contributed by atoms with Gasteiger partial charge in [0.15, 0.2) is 0 Å². The molecule has 4 nitrogen and oxygen atoms in total. The van der Waals surface area contributed by atoms with Crippen molar-refractivity contribution in [2.45, 2.75) is 207 Å². The normalized spacial score (nSPS) is 11.5. The predicted octanol–water partition coefficient (Wildman–Crippen LogP) is 13.0. The first-order chi connectivity index (χ1) is 21.9. The summed E-state index contributed by atoms with van der Waals surface area (Å²) in [4.78, 5) is 23.9. The third kappa shape index (κ3) is 39.4. The molecule has 45 heavy (non-hydrogen) atoms. The van der Waals surface area contributed by atoms with Gasteiger partial charge in [0.25, 0.3) is 0 Å². The first-order valence-corrected chi connectivity index (χ1v) is 21.0. The van der Waals surface area contributed by atoms with Crippen LogP contribution in [0.4, 0.5) is 0 Å². The monoisotopic (exact) mass is 655 g/mol. The second-order valence-electron chi connectivity index (χ2n) is 14.4. The molecule has 0 amide bonds. The molecule has 0 heterocycles. The van der Waals surface area contributed by atoms with Gasteiger partial charge in [0.05, 0.1) is 26.1 Å². The van der Waals surface area contributed by atoms with Gasteiger partial charge in [-0.05, 0) is 24.7 Å². The van der Waals surface area contributed by atoms with Gasteiger partial charge in [0.1, 0.15) is 0 Å². The highest BCUT2D eigenvalue weighted by Gasteiger charge is 2.06. The fraction of sp³-hybridized carbons (Fsp3) is 0.950. The van der Waals surface area contributed by atoms with Crippen molar-refractivity contribution >= 4 is 23.7 Å². The summed E-state index contributed by atoms with van der Waals surface area (Å²) >= 11 is 1.64. The molecule has 0 rings (SSSR count). The van der Waals surface area contributed by atoms with Gasteiger partial charge in [-0.25, -0.2) is 0 Å². The number of hydrogen-bond acceptors (Lipinski definition) is 5. The van der Waals surface area contributed by atoms with Crippen LogP contribution in [0.15, 0.2) is 0 Å².